The SMILES string of the molecule is CCC(CCCOC1CCCCCC1)(NC)C(=O)O. The van der Waals surface area contributed by atoms with E-state index in [1.807, 2.05) is 6.92 Å². The zero-order valence-electron chi connectivity index (χ0n) is 12.4. The Kier molecular flexibility index (Phi) is 7.39. The summed E-state index contributed by atoms with van der Waals surface area (Å²) in [6, 6.07) is 0. The normalized spacial score (nSPS) is 20.7. The van der Waals surface area contributed by atoms with Gasteiger partial charge in [0.1, 0.15) is 5.54 Å². The van der Waals surface area contributed by atoms with E-state index < -0.39 is 11.5 Å². The van der Waals surface area contributed by atoms with Gasteiger partial charge in [-0.1, -0.05) is 32.6 Å². The third kappa shape index (κ3) is 5.11. The molecule has 0 radical (unpaired) electrons. The molecule has 0 bridgehead atoms. The topological polar surface area (TPSA) is 58.6 Å². The van der Waals surface area contributed by atoms with Gasteiger partial charge < -0.3 is 15.2 Å². The van der Waals surface area contributed by atoms with Crippen LogP contribution in [0, 0.1) is 0 Å². The highest BCUT2D eigenvalue weighted by atomic mass is 16.5. The summed E-state index contributed by atoms with van der Waals surface area (Å²) < 4.78 is 5.91. The Hall–Kier alpha value is -0.610. The number of ether oxygens (including phenoxy) is 1. The van der Waals surface area contributed by atoms with Crippen LogP contribution in [0.1, 0.15) is 64.7 Å². The summed E-state index contributed by atoms with van der Waals surface area (Å²) in [5.74, 6) is -0.757. The lowest BCUT2D eigenvalue weighted by molar-refractivity contribution is -0.145. The molecular weight excluding hydrogens is 242 g/mol. The van der Waals surface area contributed by atoms with Gasteiger partial charge in [0.2, 0.25) is 0 Å². The van der Waals surface area contributed by atoms with Gasteiger partial charge in [0, 0.05) is 6.61 Å². The number of carbonyl (C=O) groups is 1. The molecule has 1 rings (SSSR count). The second-order valence-electron chi connectivity index (χ2n) is 5.58. The van der Waals surface area contributed by atoms with Crippen LogP contribution in [0.2, 0.25) is 0 Å². The minimum Gasteiger partial charge on any atom is -0.480 e. The Bertz CT molecular complexity index is 256. The molecule has 1 fully saturated rings. The van der Waals surface area contributed by atoms with Crippen molar-refractivity contribution in [2.24, 2.45) is 0 Å². The third-order valence-electron chi connectivity index (χ3n) is 4.40. The van der Waals surface area contributed by atoms with E-state index >= 15 is 0 Å². The predicted octanol–water partition coefficient (Wildman–Crippen LogP) is 2.96. The third-order valence-corrected chi connectivity index (χ3v) is 4.40. The smallest absolute Gasteiger partial charge is 0.323 e. The van der Waals surface area contributed by atoms with Crippen molar-refractivity contribution in [3.63, 3.8) is 0 Å². The summed E-state index contributed by atoms with van der Waals surface area (Å²) in [5, 5.41) is 12.3. The second kappa shape index (κ2) is 8.54. The van der Waals surface area contributed by atoms with Crippen LogP contribution in [-0.4, -0.2) is 36.4 Å². The maximum atomic E-state index is 11.3. The molecule has 0 saturated heterocycles. The van der Waals surface area contributed by atoms with E-state index in [1.54, 1.807) is 7.05 Å². The Labute approximate surface area is 116 Å². The monoisotopic (exact) mass is 271 g/mol. The summed E-state index contributed by atoms with van der Waals surface area (Å²) in [7, 11) is 1.73. The average molecular weight is 271 g/mol. The van der Waals surface area contributed by atoms with Crippen LogP contribution in [-0.2, 0) is 9.53 Å². The number of carboxylic acids is 1. The number of aliphatic carboxylic acids is 1. The van der Waals surface area contributed by atoms with Gasteiger partial charge >= 0.3 is 5.97 Å². The van der Waals surface area contributed by atoms with Gasteiger partial charge in [0.25, 0.3) is 0 Å². The lowest BCUT2D eigenvalue weighted by Crippen LogP contribution is -2.50. The van der Waals surface area contributed by atoms with Crippen molar-refractivity contribution in [3.8, 4) is 0 Å². The Morgan fingerprint density at radius 3 is 2.42 bits per heavy atom. The van der Waals surface area contributed by atoms with Crippen molar-refractivity contribution in [1.29, 1.82) is 0 Å². The number of rotatable bonds is 8. The van der Waals surface area contributed by atoms with Crippen LogP contribution in [0.5, 0.6) is 0 Å². The van der Waals surface area contributed by atoms with Crippen LogP contribution >= 0.6 is 0 Å². The minimum atomic E-state index is -0.785. The van der Waals surface area contributed by atoms with Crippen LogP contribution in [0.15, 0.2) is 0 Å². The van der Waals surface area contributed by atoms with Gasteiger partial charge in [-0.25, -0.2) is 0 Å². The minimum absolute atomic E-state index is 0.401. The van der Waals surface area contributed by atoms with E-state index in [2.05, 4.69) is 5.32 Å². The number of hydrogen-bond donors (Lipinski definition) is 2. The van der Waals surface area contributed by atoms with Crippen LogP contribution in [0.3, 0.4) is 0 Å². The van der Waals surface area contributed by atoms with Gasteiger partial charge in [-0.15, -0.1) is 0 Å². The Morgan fingerprint density at radius 2 is 1.95 bits per heavy atom. The number of likely N-dealkylation sites (N-methyl/N-ethyl adjacent to an activating group) is 1. The molecule has 1 saturated carbocycles. The molecule has 19 heavy (non-hydrogen) atoms. The molecular formula is C15H29NO3. The molecule has 2 N–H and O–H groups in total. The van der Waals surface area contributed by atoms with E-state index in [4.69, 9.17) is 4.74 Å². The molecule has 0 heterocycles. The summed E-state index contributed by atoms with van der Waals surface area (Å²) in [5.41, 5.74) is -0.785. The standard InChI is InChI=1S/C15H29NO3/c1-3-15(16-2,14(17)18)11-8-12-19-13-9-6-4-5-7-10-13/h13,16H,3-12H2,1-2H3,(H,17,18). The average Bonchev–Trinajstić information content (AvgIpc) is 2.68. The van der Waals surface area contributed by atoms with E-state index in [0.29, 0.717) is 25.6 Å². The van der Waals surface area contributed by atoms with E-state index in [-0.39, 0.29) is 0 Å². The quantitative estimate of drug-likeness (QED) is 0.526. The van der Waals surface area contributed by atoms with Crippen molar-refractivity contribution in [1.82, 2.24) is 5.32 Å². The van der Waals surface area contributed by atoms with Gasteiger partial charge in [-0.3, -0.25) is 4.79 Å². The van der Waals surface area contributed by atoms with Crippen molar-refractivity contribution in [2.75, 3.05) is 13.7 Å². The second-order valence-corrected chi connectivity index (χ2v) is 5.58. The van der Waals surface area contributed by atoms with Crippen molar-refractivity contribution in [3.05, 3.63) is 0 Å². The first-order chi connectivity index (χ1) is 9.14. The molecule has 1 aliphatic carbocycles. The fourth-order valence-corrected chi connectivity index (χ4v) is 2.88. The summed E-state index contributed by atoms with van der Waals surface area (Å²) in [6.45, 7) is 2.60. The molecule has 4 heteroatoms. The first-order valence-electron chi connectivity index (χ1n) is 7.68. The van der Waals surface area contributed by atoms with Gasteiger partial charge in [-0.2, -0.15) is 0 Å². The molecule has 1 aliphatic rings. The highest BCUT2D eigenvalue weighted by Crippen LogP contribution is 2.21. The molecule has 0 spiro atoms. The largest absolute Gasteiger partial charge is 0.480 e. The molecule has 1 atom stereocenters. The van der Waals surface area contributed by atoms with E-state index in [1.165, 1.54) is 38.5 Å². The molecule has 0 aromatic heterocycles. The number of hydrogen-bond acceptors (Lipinski definition) is 3. The molecule has 1 unspecified atom stereocenters. The van der Waals surface area contributed by atoms with Crippen molar-refractivity contribution < 1.29 is 14.6 Å². The first-order valence-corrected chi connectivity index (χ1v) is 7.68. The highest BCUT2D eigenvalue weighted by Gasteiger charge is 2.34. The molecule has 0 aromatic rings. The summed E-state index contributed by atoms with van der Waals surface area (Å²) in [6.07, 6.45) is 9.98. The fourth-order valence-electron chi connectivity index (χ4n) is 2.88. The summed E-state index contributed by atoms with van der Waals surface area (Å²) >= 11 is 0. The maximum Gasteiger partial charge on any atom is 0.323 e. The number of carboxylic acid groups (broad SMARTS) is 1. The zero-order chi connectivity index (χ0) is 14.1. The fraction of sp³-hybridized carbons (Fsp3) is 0.933. The summed E-state index contributed by atoms with van der Waals surface area (Å²) in [4.78, 5) is 11.3. The van der Waals surface area contributed by atoms with Gasteiger partial charge in [-0.05, 0) is 39.2 Å². The van der Waals surface area contributed by atoms with E-state index in [9.17, 15) is 9.90 Å². The highest BCUT2D eigenvalue weighted by molar-refractivity contribution is 5.78. The van der Waals surface area contributed by atoms with Crippen molar-refractivity contribution >= 4 is 5.97 Å². The van der Waals surface area contributed by atoms with Crippen LogP contribution < -0.4 is 5.32 Å². The van der Waals surface area contributed by atoms with Crippen LogP contribution in [0.4, 0.5) is 0 Å². The predicted molar refractivity (Wildman–Crippen MR) is 76.4 cm³/mol. The molecule has 0 amide bonds. The zero-order valence-corrected chi connectivity index (χ0v) is 12.4. The first kappa shape index (κ1) is 16.4. The maximum absolute atomic E-state index is 11.3. The molecule has 112 valence electrons. The van der Waals surface area contributed by atoms with Gasteiger partial charge in [0.15, 0.2) is 0 Å². The van der Waals surface area contributed by atoms with E-state index in [0.717, 1.165) is 6.42 Å². The van der Waals surface area contributed by atoms with Crippen molar-refractivity contribution in [2.45, 2.75) is 76.4 Å². The molecule has 0 aliphatic heterocycles. The Balaban J connectivity index is 2.26. The Morgan fingerprint density at radius 1 is 1.32 bits per heavy atom. The lowest BCUT2D eigenvalue weighted by atomic mass is 9.91. The number of nitrogens with one attached hydrogen (secondary N) is 1. The lowest BCUT2D eigenvalue weighted by Gasteiger charge is -2.28. The molecule has 4 nitrogen and oxygen atoms in total. The van der Waals surface area contributed by atoms with Gasteiger partial charge in [0.05, 0.1) is 6.10 Å². The van der Waals surface area contributed by atoms with Crippen LogP contribution in [0.25, 0.3) is 0 Å². The molecule has 0 aromatic carbocycles.